The number of aromatic nitrogens is 2. The Bertz CT molecular complexity index is 890. The Morgan fingerprint density at radius 1 is 1.36 bits per heavy atom. The van der Waals surface area contributed by atoms with Gasteiger partial charge in [0.2, 0.25) is 5.91 Å². The smallest absolute Gasteiger partial charge is 0.254 e. The Labute approximate surface area is 151 Å². The van der Waals surface area contributed by atoms with E-state index in [2.05, 4.69) is 11.1 Å². The zero-order valence-electron chi connectivity index (χ0n) is 14.4. The molecule has 0 N–H and O–H groups in total. The van der Waals surface area contributed by atoms with Crippen LogP contribution in [0.3, 0.4) is 0 Å². The molecule has 0 bridgehead atoms. The molecule has 5 nitrogen and oxygen atoms in total. The fraction of sp³-hybridized carbons (Fsp3) is 0.421. The van der Waals surface area contributed by atoms with E-state index in [1.54, 1.807) is 22.4 Å². The van der Waals surface area contributed by atoms with Crippen molar-refractivity contribution >= 4 is 23.4 Å². The van der Waals surface area contributed by atoms with Crippen molar-refractivity contribution in [2.24, 2.45) is 0 Å². The van der Waals surface area contributed by atoms with Crippen molar-refractivity contribution in [3.05, 3.63) is 51.9 Å². The molecule has 0 saturated heterocycles. The first kappa shape index (κ1) is 16.4. The van der Waals surface area contributed by atoms with E-state index >= 15 is 0 Å². The van der Waals surface area contributed by atoms with Gasteiger partial charge >= 0.3 is 0 Å². The number of para-hydroxylation sites is 1. The standard InChI is InChI=1S/C19H21N3O2S/c1-12(2)15-10-18(24)22-14(11-25-19(22)20-15)9-17(23)21-8-7-13-5-3-4-6-16(13)21/h3-6,10,12,14H,7-9,11H2,1-2H3/t14-/m1/s1. The number of fused-ring (bicyclic) bond motifs is 2. The van der Waals surface area contributed by atoms with Gasteiger partial charge in [-0.1, -0.05) is 43.8 Å². The van der Waals surface area contributed by atoms with Gasteiger partial charge in [0.15, 0.2) is 5.16 Å². The van der Waals surface area contributed by atoms with Gasteiger partial charge in [-0.2, -0.15) is 0 Å². The van der Waals surface area contributed by atoms with Gasteiger partial charge in [-0.05, 0) is 24.0 Å². The molecule has 2 aromatic rings. The summed E-state index contributed by atoms with van der Waals surface area (Å²) in [5.74, 6) is 1.04. The molecule has 3 heterocycles. The van der Waals surface area contributed by atoms with Crippen molar-refractivity contribution in [3.8, 4) is 0 Å². The van der Waals surface area contributed by atoms with Gasteiger partial charge in [0.05, 0.1) is 11.7 Å². The van der Waals surface area contributed by atoms with Crippen LogP contribution in [0.25, 0.3) is 0 Å². The maximum Gasteiger partial charge on any atom is 0.254 e. The van der Waals surface area contributed by atoms with Crippen LogP contribution < -0.4 is 10.5 Å². The van der Waals surface area contributed by atoms with Crippen molar-refractivity contribution in [3.63, 3.8) is 0 Å². The van der Waals surface area contributed by atoms with Crippen LogP contribution >= 0.6 is 11.8 Å². The topological polar surface area (TPSA) is 55.2 Å². The molecule has 0 fully saturated rings. The molecule has 25 heavy (non-hydrogen) atoms. The monoisotopic (exact) mass is 355 g/mol. The predicted molar refractivity (Wildman–Crippen MR) is 99.5 cm³/mol. The lowest BCUT2D eigenvalue weighted by Crippen LogP contribution is -2.33. The summed E-state index contributed by atoms with van der Waals surface area (Å²) < 4.78 is 1.70. The fourth-order valence-electron chi connectivity index (χ4n) is 3.53. The number of amides is 1. The summed E-state index contributed by atoms with van der Waals surface area (Å²) in [5, 5.41) is 0.746. The van der Waals surface area contributed by atoms with Crippen molar-refractivity contribution in [1.29, 1.82) is 0 Å². The van der Waals surface area contributed by atoms with Crippen LogP contribution in [-0.2, 0) is 11.2 Å². The third kappa shape index (κ3) is 2.88. The van der Waals surface area contributed by atoms with E-state index in [1.165, 1.54) is 5.56 Å². The zero-order chi connectivity index (χ0) is 17.6. The quantitative estimate of drug-likeness (QED) is 0.794. The number of carbonyl (C=O) groups excluding carboxylic acids is 1. The number of rotatable bonds is 3. The minimum Gasteiger partial charge on any atom is -0.312 e. The number of nitrogens with zero attached hydrogens (tertiary/aromatic N) is 3. The molecule has 0 unspecified atom stereocenters. The van der Waals surface area contributed by atoms with E-state index in [4.69, 9.17) is 0 Å². The van der Waals surface area contributed by atoms with Crippen molar-refractivity contribution in [2.45, 2.75) is 43.8 Å². The first-order chi connectivity index (χ1) is 12.0. The third-order valence-corrected chi connectivity index (χ3v) is 6.00. The molecule has 4 rings (SSSR count). The lowest BCUT2D eigenvalue weighted by molar-refractivity contribution is -0.119. The second-order valence-electron chi connectivity index (χ2n) is 6.92. The van der Waals surface area contributed by atoms with Crippen LogP contribution in [-0.4, -0.2) is 27.8 Å². The molecule has 2 aliphatic heterocycles. The number of hydrogen-bond acceptors (Lipinski definition) is 4. The van der Waals surface area contributed by atoms with E-state index in [-0.39, 0.29) is 23.4 Å². The van der Waals surface area contributed by atoms with Crippen LogP contribution in [0.2, 0.25) is 0 Å². The fourth-order valence-corrected chi connectivity index (χ4v) is 4.68. The van der Waals surface area contributed by atoms with E-state index in [0.717, 1.165) is 35.3 Å². The summed E-state index contributed by atoms with van der Waals surface area (Å²) in [7, 11) is 0. The first-order valence-electron chi connectivity index (χ1n) is 8.69. The van der Waals surface area contributed by atoms with Crippen molar-refractivity contribution < 1.29 is 4.79 Å². The second kappa shape index (κ2) is 6.33. The van der Waals surface area contributed by atoms with Gasteiger partial charge in [-0.15, -0.1) is 0 Å². The molecule has 1 amide bonds. The van der Waals surface area contributed by atoms with E-state index in [9.17, 15) is 9.59 Å². The summed E-state index contributed by atoms with van der Waals surface area (Å²) >= 11 is 1.57. The summed E-state index contributed by atoms with van der Waals surface area (Å²) in [4.78, 5) is 31.8. The predicted octanol–water partition coefficient (Wildman–Crippen LogP) is 2.99. The Morgan fingerprint density at radius 2 is 2.16 bits per heavy atom. The molecule has 2 aliphatic rings. The maximum absolute atomic E-state index is 12.8. The average Bonchev–Trinajstić information content (AvgIpc) is 3.19. The SMILES string of the molecule is CC(C)c1cc(=O)n2c(n1)SC[C@H]2CC(=O)N1CCc2ccccc21. The van der Waals surface area contributed by atoms with E-state index in [0.29, 0.717) is 6.42 Å². The number of thioether (sulfide) groups is 1. The third-order valence-electron chi connectivity index (χ3n) is 4.90. The van der Waals surface area contributed by atoms with Gasteiger partial charge in [0.25, 0.3) is 5.56 Å². The molecule has 130 valence electrons. The summed E-state index contributed by atoms with van der Waals surface area (Å²) in [6, 6.07) is 9.55. The number of carbonyl (C=O) groups is 1. The molecular formula is C19H21N3O2S. The Morgan fingerprint density at radius 3 is 2.96 bits per heavy atom. The van der Waals surface area contributed by atoms with Gasteiger partial charge in [-0.3, -0.25) is 14.2 Å². The summed E-state index contributed by atoms with van der Waals surface area (Å²) in [6.07, 6.45) is 1.24. The van der Waals surface area contributed by atoms with Gasteiger partial charge < -0.3 is 4.90 Å². The second-order valence-corrected chi connectivity index (χ2v) is 7.91. The lowest BCUT2D eigenvalue weighted by Gasteiger charge is -2.20. The van der Waals surface area contributed by atoms with Gasteiger partial charge in [-0.25, -0.2) is 4.98 Å². The number of anilines is 1. The molecule has 6 heteroatoms. The Kier molecular flexibility index (Phi) is 4.15. The highest BCUT2D eigenvalue weighted by Gasteiger charge is 2.31. The highest BCUT2D eigenvalue weighted by molar-refractivity contribution is 7.99. The maximum atomic E-state index is 12.8. The largest absolute Gasteiger partial charge is 0.312 e. The highest BCUT2D eigenvalue weighted by Crippen LogP contribution is 2.35. The molecule has 1 aromatic heterocycles. The highest BCUT2D eigenvalue weighted by atomic mass is 32.2. The van der Waals surface area contributed by atoms with Crippen LogP contribution in [0, 0.1) is 0 Å². The lowest BCUT2D eigenvalue weighted by atomic mass is 10.1. The average molecular weight is 355 g/mol. The zero-order valence-corrected chi connectivity index (χ0v) is 15.3. The van der Waals surface area contributed by atoms with Crippen LogP contribution in [0.1, 0.15) is 43.5 Å². The molecule has 1 atom stereocenters. The van der Waals surface area contributed by atoms with Crippen LogP contribution in [0.5, 0.6) is 0 Å². The van der Waals surface area contributed by atoms with Crippen molar-refractivity contribution in [2.75, 3.05) is 17.2 Å². The number of benzene rings is 1. The van der Waals surface area contributed by atoms with Gasteiger partial charge in [0, 0.05) is 30.5 Å². The number of hydrogen-bond donors (Lipinski definition) is 0. The summed E-state index contributed by atoms with van der Waals surface area (Å²) in [6.45, 7) is 4.79. The van der Waals surface area contributed by atoms with Gasteiger partial charge in [0.1, 0.15) is 0 Å². The molecule has 0 saturated carbocycles. The van der Waals surface area contributed by atoms with E-state index < -0.39 is 0 Å². The minimum atomic E-state index is -0.110. The molecule has 0 spiro atoms. The van der Waals surface area contributed by atoms with Crippen LogP contribution in [0.4, 0.5) is 5.69 Å². The molecule has 0 aliphatic carbocycles. The molecule has 0 radical (unpaired) electrons. The normalized spacial score (nSPS) is 18.5. The minimum absolute atomic E-state index is 0.0432. The summed E-state index contributed by atoms with van der Waals surface area (Å²) in [5.41, 5.74) is 3.01. The Hall–Kier alpha value is -2.08. The van der Waals surface area contributed by atoms with E-state index in [1.807, 2.05) is 36.9 Å². The first-order valence-corrected chi connectivity index (χ1v) is 9.67. The van der Waals surface area contributed by atoms with Crippen LogP contribution in [0.15, 0.2) is 40.3 Å². The molecule has 1 aromatic carbocycles. The van der Waals surface area contributed by atoms with Crippen molar-refractivity contribution in [1.82, 2.24) is 9.55 Å². The Balaban J connectivity index is 1.57. The molecular weight excluding hydrogens is 334 g/mol.